The van der Waals surface area contributed by atoms with Gasteiger partial charge in [0.05, 0.1) is 12.6 Å². The molecule has 3 atom stereocenters. The summed E-state index contributed by atoms with van der Waals surface area (Å²) in [4.78, 5) is 4.23. The van der Waals surface area contributed by atoms with Gasteiger partial charge in [-0.05, 0) is 49.2 Å². The fourth-order valence-electron chi connectivity index (χ4n) is 4.55. The molecular formula is C20H27N4+. The molecule has 126 valence electrons. The van der Waals surface area contributed by atoms with E-state index in [1.807, 2.05) is 24.3 Å². The third kappa shape index (κ3) is 2.82. The van der Waals surface area contributed by atoms with Gasteiger partial charge < -0.3 is 16.4 Å². The molecule has 0 bridgehead atoms. The van der Waals surface area contributed by atoms with Crippen LogP contribution in [0.4, 0.5) is 22.7 Å². The van der Waals surface area contributed by atoms with Gasteiger partial charge >= 0.3 is 0 Å². The summed E-state index contributed by atoms with van der Waals surface area (Å²) in [5, 5.41) is 0. The van der Waals surface area contributed by atoms with Gasteiger partial charge in [-0.3, -0.25) is 4.90 Å². The van der Waals surface area contributed by atoms with Crippen molar-refractivity contribution in [2.45, 2.75) is 37.8 Å². The number of quaternary nitrogens is 1. The topological polar surface area (TPSA) is 59.7 Å². The van der Waals surface area contributed by atoms with Gasteiger partial charge in [0, 0.05) is 48.6 Å². The summed E-state index contributed by atoms with van der Waals surface area (Å²) in [6.45, 7) is 2.38. The second-order valence-electron chi connectivity index (χ2n) is 7.14. The molecule has 3 unspecified atom stereocenters. The lowest BCUT2D eigenvalue weighted by Gasteiger charge is -2.33. The molecule has 2 fully saturated rings. The summed E-state index contributed by atoms with van der Waals surface area (Å²) in [6.07, 6.45) is 5.17. The zero-order chi connectivity index (χ0) is 16.5. The summed E-state index contributed by atoms with van der Waals surface area (Å²) in [5.41, 5.74) is 16.1. The molecule has 24 heavy (non-hydrogen) atoms. The molecule has 0 aliphatic carbocycles. The Bertz CT molecular complexity index is 618. The van der Waals surface area contributed by atoms with E-state index in [4.69, 9.17) is 11.5 Å². The van der Waals surface area contributed by atoms with E-state index in [1.165, 1.54) is 43.6 Å². The smallest absolute Gasteiger partial charge is 0.131 e. The van der Waals surface area contributed by atoms with Gasteiger partial charge in [-0.2, -0.15) is 0 Å². The zero-order valence-corrected chi connectivity index (χ0v) is 14.1. The van der Waals surface area contributed by atoms with Crippen LogP contribution in [0.25, 0.3) is 0 Å². The number of nitrogens with two attached hydrogens (primary N) is 2. The molecule has 5 N–H and O–H groups in total. The highest BCUT2D eigenvalue weighted by Gasteiger charge is 2.41. The molecule has 2 aliphatic heterocycles. The highest BCUT2D eigenvalue weighted by Crippen LogP contribution is 2.30. The van der Waals surface area contributed by atoms with Gasteiger partial charge in [-0.1, -0.05) is 0 Å². The maximum atomic E-state index is 5.86. The molecule has 2 saturated heterocycles. The van der Waals surface area contributed by atoms with Gasteiger partial charge in [0.15, 0.2) is 0 Å². The van der Waals surface area contributed by atoms with Crippen LogP contribution in [-0.2, 0) is 0 Å². The van der Waals surface area contributed by atoms with Gasteiger partial charge in [0.25, 0.3) is 0 Å². The third-order valence-electron chi connectivity index (χ3n) is 5.68. The van der Waals surface area contributed by atoms with E-state index in [9.17, 15) is 0 Å². The third-order valence-corrected chi connectivity index (χ3v) is 5.68. The number of hydrogen-bond acceptors (Lipinski definition) is 3. The highest BCUT2D eigenvalue weighted by molar-refractivity contribution is 5.54. The first-order valence-electron chi connectivity index (χ1n) is 9.06. The standard InChI is InChI=1S/C20H26N4/c21-15-5-9-17(10-6-15)23-13-1-3-19(23)20-4-2-14-24(20)18-11-7-16(22)8-12-18/h5-12,19-20H,1-4,13-14,21-22H2/p+1. The molecule has 2 aromatic carbocycles. The Hall–Kier alpha value is -2.20. The summed E-state index contributed by atoms with van der Waals surface area (Å²) in [5.74, 6) is 0. The fourth-order valence-corrected chi connectivity index (χ4v) is 4.55. The number of hydrogen-bond donors (Lipinski definition) is 3. The lowest BCUT2D eigenvalue weighted by Crippen LogP contribution is -3.10. The fraction of sp³-hybridized carbons (Fsp3) is 0.400. The Morgan fingerprint density at radius 1 is 0.833 bits per heavy atom. The van der Waals surface area contributed by atoms with Crippen LogP contribution in [0.5, 0.6) is 0 Å². The van der Waals surface area contributed by atoms with E-state index in [2.05, 4.69) is 29.2 Å². The number of nitrogen functional groups attached to an aromatic ring is 2. The summed E-state index contributed by atoms with van der Waals surface area (Å²) >= 11 is 0. The van der Waals surface area contributed by atoms with Gasteiger partial charge in [-0.15, -0.1) is 0 Å². The minimum atomic E-state index is 0.615. The van der Waals surface area contributed by atoms with Gasteiger partial charge in [0.1, 0.15) is 11.7 Å². The molecule has 2 aromatic rings. The second-order valence-corrected chi connectivity index (χ2v) is 7.14. The van der Waals surface area contributed by atoms with Crippen molar-refractivity contribution in [3.8, 4) is 0 Å². The number of benzene rings is 2. The van der Waals surface area contributed by atoms with Crippen LogP contribution in [0.15, 0.2) is 48.5 Å². The Morgan fingerprint density at radius 3 is 2.21 bits per heavy atom. The van der Waals surface area contributed by atoms with Gasteiger partial charge in [-0.25, -0.2) is 0 Å². The van der Waals surface area contributed by atoms with Crippen LogP contribution in [-0.4, -0.2) is 25.2 Å². The summed E-state index contributed by atoms with van der Waals surface area (Å²) < 4.78 is 0. The van der Waals surface area contributed by atoms with E-state index in [0.29, 0.717) is 12.1 Å². The first-order valence-corrected chi connectivity index (χ1v) is 9.06. The van der Waals surface area contributed by atoms with E-state index < -0.39 is 0 Å². The number of nitrogens with zero attached hydrogens (tertiary/aromatic N) is 1. The largest absolute Gasteiger partial charge is 0.399 e. The highest BCUT2D eigenvalue weighted by atomic mass is 15.3. The monoisotopic (exact) mass is 323 g/mol. The zero-order valence-electron chi connectivity index (χ0n) is 14.1. The number of nitrogens with one attached hydrogen (secondary N) is 1. The first-order chi connectivity index (χ1) is 11.7. The molecule has 0 spiro atoms. The minimum Gasteiger partial charge on any atom is -0.399 e. The second kappa shape index (κ2) is 6.36. The van der Waals surface area contributed by atoms with Crippen molar-refractivity contribution < 1.29 is 4.90 Å². The van der Waals surface area contributed by atoms with Crippen LogP contribution in [0.2, 0.25) is 0 Å². The maximum absolute atomic E-state index is 5.86. The number of anilines is 3. The van der Waals surface area contributed by atoms with Crippen LogP contribution in [0, 0.1) is 0 Å². The molecule has 4 rings (SSSR count). The average Bonchev–Trinajstić information content (AvgIpc) is 3.25. The molecule has 4 heteroatoms. The summed E-state index contributed by atoms with van der Waals surface area (Å²) in [7, 11) is 0. The molecule has 0 saturated carbocycles. The van der Waals surface area contributed by atoms with E-state index >= 15 is 0 Å². The van der Waals surface area contributed by atoms with Crippen molar-refractivity contribution in [1.29, 1.82) is 0 Å². The van der Waals surface area contributed by atoms with Crippen molar-refractivity contribution in [1.82, 2.24) is 0 Å². The molecule has 0 radical (unpaired) electrons. The minimum absolute atomic E-state index is 0.615. The Balaban J connectivity index is 1.58. The maximum Gasteiger partial charge on any atom is 0.131 e. The normalized spacial score (nSPS) is 26.8. The first kappa shape index (κ1) is 15.3. The molecule has 2 heterocycles. The Labute approximate surface area is 144 Å². The lowest BCUT2D eigenvalue weighted by molar-refractivity contribution is -0.847. The van der Waals surface area contributed by atoms with E-state index in [1.54, 1.807) is 4.90 Å². The van der Waals surface area contributed by atoms with Crippen molar-refractivity contribution in [3.05, 3.63) is 48.5 Å². The van der Waals surface area contributed by atoms with Crippen molar-refractivity contribution in [2.24, 2.45) is 0 Å². The molecule has 2 aliphatic rings. The predicted molar refractivity (Wildman–Crippen MR) is 101 cm³/mol. The molecule has 0 aromatic heterocycles. The van der Waals surface area contributed by atoms with Crippen LogP contribution < -0.4 is 21.3 Å². The quantitative estimate of drug-likeness (QED) is 0.759. The lowest BCUT2D eigenvalue weighted by atomic mass is 10.0. The van der Waals surface area contributed by atoms with Crippen molar-refractivity contribution in [3.63, 3.8) is 0 Å². The Kier molecular flexibility index (Phi) is 4.07. The average molecular weight is 323 g/mol. The van der Waals surface area contributed by atoms with Crippen molar-refractivity contribution >= 4 is 22.7 Å². The molecular weight excluding hydrogens is 296 g/mol. The van der Waals surface area contributed by atoms with E-state index in [0.717, 1.165) is 17.9 Å². The van der Waals surface area contributed by atoms with Gasteiger partial charge in [0.2, 0.25) is 0 Å². The van der Waals surface area contributed by atoms with Crippen LogP contribution >= 0.6 is 0 Å². The van der Waals surface area contributed by atoms with Crippen LogP contribution in [0.3, 0.4) is 0 Å². The SMILES string of the molecule is Nc1ccc(N2CCCC2C2CCC[NH+]2c2ccc(N)cc2)cc1. The predicted octanol–water partition coefficient (Wildman–Crippen LogP) is 2.20. The summed E-state index contributed by atoms with van der Waals surface area (Å²) in [6, 6.07) is 18.1. The Morgan fingerprint density at radius 2 is 1.50 bits per heavy atom. The van der Waals surface area contributed by atoms with Crippen LogP contribution in [0.1, 0.15) is 25.7 Å². The molecule has 4 nitrogen and oxygen atoms in total. The molecule has 0 amide bonds. The van der Waals surface area contributed by atoms with E-state index in [-0.39, 0.29) is 0 Å². The number of rotatable bonds is 3. The van der Waals surface area contributed by atoms with Crippen molar-refractivity contribution in [2.75, 3.05) is 29.5 Å².